The number of nitrogens with zero attached hydrogens (tertiary/aromatic N) is 2. The first-order chi connectivity index (χ1) is 15.2. The Morgan fingerprint density at radius 3 is 2.77 bits per heavy atom. The summed E-state index contributed by atoms with van der Waals surface area (Å²) in [4.78, 5) is 15.0. The third-order valence-electron chi connectivity index (χ3n) is 6.49. The maximum absolute atomic E-state index is 12.6. The van der Waals surface area contributed by atoms with E-state index in [1.165, 1.54) is 19.3 Å². The number of aromatic nitrogens is 1. The fraction of sp³-hybridized carbons (Fsp3) is 0.583. The smallest absolute Gasteiger partial charge is 0.290 e. The van der Waals surface area contributed by atoms with E-state index in [-0.39, 0.29) is 17.9 Å². The Balaban J connectivity index is 1.38. The molecule has 1 aliphatic heterocycles. The second-order valence-electron chi connectivity index (χ2n) is 8.65. The van der Waals surface area contributed by atoms with Crippen LogP contribution in [0.1, 0.15) is 72.7 Å². The third-order valence-corrected chi connectivity index (χ3v) is 6.49. The van der Waals surface area contributed by atoms with Crippen LogP contribution in [0, 0.1) is 0 Å². The van der Waals surface area contributed by atoms with Crippen molar-refractivity contribution in [2.75, 3.05) is 27.3 Å². The number of carbonyl (C=O) groups excluding carboxylic acids is 1. The highest BCUT2D eigenvalue weighted by Crippen LogP contribution is 2.33. The van der Waals surface area contributed by atoms with E-state index in [1.54, 1.807) is 14.2 Å². The van der Waals surface area contributed by atoms with E-state index < -0.39 is 0 Å². The molecule has 1 N–H and O–H groups in total. The molecule has 2 heterocycles. The van der Waals surface area contributed by atoms with Gasteiger partial charge in [0.2, 0.25) is 5.76 Å². The maximum Gasteiger partial charge on any atom is 0.290 e. The molecule has 7 nitrogen and oxygen atoms in total. The van der Waals surface area contributed by atoms with Crippen molar-refractivity contribution in [3.8, 4) is 11.5 Å². The molecule has 1 aromatic carbocycles. The van der Waals surface area contributed by atoms with E-state index in [9.17, 15) is 4.79 Å². The zero-order valence-electron chi connectivity index (χ0n) is 18.6. The van der Waals surface area contributed by atoms with Crippen LogP contribution in [0.3, 0.4) is 0 Å². The molecule has 1 saturated carbocycles. The number of carbonyl (C=O) groups is 1. The van der Waals surface area contributed by atoms with Gasteiger partial charge >= 0.3 is 0 Å². The Morgan fingerprint density at radius 1 is 1.16 bits per heavy atom. The summed E-state index contributed by atoms with van der Waals surface area (Å²) in [5, 5.41) is 7.36. The molecule has 0 unspecified atom stereocenters. The van der Waals surface area contributed by atoms with E-state index in [0.717, 1.165) is 68.1 Å². The molecular weight excluding hydrogens is 394 g/mol. The maximum atomic E-state index is 12.6. The van der Waals surface area contributed by atoms with Crippen molar-refractivity contribution in [1.29, 1.82) is 0 Å². The van der Waals surface area contributed by atoms with Gasteiger partial charge in [0.05, 0.1) is 19.9 Å². The van der Waals surface area contributed by atoms with Crippen LogP contribution >= 0.6 is 0 Å². The average molecular weight is 428 g/mol. The summed E-state index contributed by atoms with van der Waals surface area (Å²) in [6.07, 6.45) is 7.86. The van der Waals surface area contributed by atoms with E-state index >= 15 is 0 Å². The molecule has 1 saturated heterocycles. The van der Waals surface area contributed by atoms with Crippen molar-refractivity contribution in [3.63, 3.8) is 0 Å². The summed E-state index contributed by atoms with van der Waals surface area (Å²) in [5.41, 5.74) is 1.98. The van der Waals surface area contributed by atoms with Gasteiger partial charge in [-0.05, 0) is 38.3 Å². The number of likely N-dealkylation sites (tertiary alicyclic amines) is 1. The Bertz CT molecular complexity index is 875. The minimum Gasteiger partial charge on any atom is -0.493 e. The molecule has 2 fully saturated rings. The topological polar surface area (TPSA) is 76.8 Å². The van der Waals surface area contributed by atoms with Gasteiger partial charge in [-0.1, -0.05) is 36.6 Å². The molecule has 0 radical (unpaired) electrons. The predicted molar refractivity (Wildman–Crippen MR) is 118 cm³/mol. The molecule has 2 aromatic rings. The van der Waals surface area contributed by atoms with Gasteiger partial charge in [-0.25, -0.2) is 0 Å². The monoisotopic (exact) mass is 427 g/mol. The van der Waals surface area contributed by atoms with E-state index in [0.29, 0.717) is 5.76 Å². The summed E-state index contributed by atoms with van der Waals surface area (Å²) in [6, 6.07) is 8.08. The summed E-state index contributed by atoms with van der Waals surface area (Å²) in [7, 11) is 3.33. The number of amides is 1. The molecule has 1 amide bonds. The SMILES string of the molecule is COc1cccc(CN2CCC[C@H](c3cc(C(=O)NC4CCCCC4)on3)C2)c1OC. The highest BCUT2D eigenvalue weighted by Gasteiger charge is 2.27. The third kappa shape index (κ3) is 5.21. The lowest BCUT2D eigenvalue weighted by Crippen LogP contribution is -2.36. The molecular formula is C24H33N3O4. The largest absolute Gasteiger partial charge is 0.493 e. The Morgan fingerprint density at radius 2 is 2.00 bits per heavy atom. The van der Waals surface area contributed by atoms with Crippen molar-refractivity contribution >= 4 is 5.91 Å². The van der Waals surface area contributed by atoms with Gasteiger partial charge in [0.25, 0.3) is 5.91 Å². The van der Waals surface area contributed by atoms with Gasteiger partial charge in [0, 0.05) is 36.7 Å². The molecule has 0 bridgehead atoms. The molecule has 2 aliphatic rings. The van der Waals surface area contributed by atoms with Gasteiger partial charge in [0.1, 0.15) is 0 Å². The molecule has 168 valence electrons. The second-order valence-corrected chi connectivity index (χ2v) is 8.65. The van der Waals surface area contributed by atoms with Gasteiger partial charge in [-0.3, -0.25) is 9.69 Å². The molecule has 4 rings (SSSR count). The summed E-state index contributed by atoms with van der Waals surface area (Å²) >= 11 is 0. The molecule has 1 aromatic heterocycles. The normalized spacial score (nSPS) is 20.4. The number of rotatable bonds is 7. The van der Waals surface area contributed by atoms with Gasteiger partial charge in [-0.15, -0.1) is 0 Å². The number of hydrogen-bond donors (Lipinski definition) is 1. The highest BCUT2D eigenvalue weighted by atomic mass is 16.5. The number of methoxy groups -OCH3 is 2. The molecule has 7 heteroatoms. The number of benzene rings is 1. The first-order valence-corrected chi connectivity index (χ1v) is 11.4. The van der Waals surface area contributed by atoms with Crippen LogP contribution in [0.15, 0.2) is 28.8 Å². The minimum absolute atomic E-state index is 0.139. The average Bonchev–Trinajstić information content (AvgIpc) is 3.30. The molecule has 31 heavy (non-hydrogen) atoms. The lowest BCUT2D eigenvalue weighted by atomic mass is 9.94. The van der Waals surface area contributed by atoms with Crippen molar-refractivity contribution in [1.82, 2.24) is 15.4 Å². The predicted octanol–water partition coefficient (Wildman–Crippen LogP) is 4.13. The van der Waals surface area contributed by atoms with Crippen LogP contribution in [-0.2, 0) is 6.54 Å². The summed E-state index contributed by atoms with van der Waals surface area (Å²) in [6.45, 7) is 2.67. The highest BCUT2D eigenvalue weighted by molar-refractivity contribution is 5.91. The number of ether oxygens (including phenoxy) is 2. The van der Waals surface area contributed by atoms with Crippen LogP contribution in [-0.4, -0.2) is 49.3 Å². The minimum atomic E-state index is -0.139. The fourth-order valence-corrected chi connectivity index (χ4v) is 4.85. The van der Waals surface area contributed by atoms with Gasteiger partial charge < -0.3 is 19.3 Å². The molecule has 0 spiro atoms. The lowest BCUT2D eigenvalue weighted by molar-refractivity contribution is 0.0890. The van der Waals surface area contributed by atoms with Crippen LogP contribution in [0.4, 0.5) is 0 Å². The summed E-state index contributed by atoms with van der Waals surface area (Å²) in [5.74, 6) is 1.98. The quantitative estimate of drug-likeness (QED) is 0.716. The Kier molecular flexibility index (Phi) is 7.12. The first-order valence-electron chi connectivity index (χ1n) is 11.4. The van der Waals surface area contributed by atoms with Crippen LogP contribution in [0.2, 0.25) is 0 Å². The fourth-order valence-electron chi connectivity index (χ4n) is 4.85. The van der Waals surface area contributed by atoms with Crippen LogP contribution < -0.4 is 14.8 Å². The zero-order valence-corrected chi connectivity index (χ0v) is 18.6. The first kappa shape index (κ1) is 21.7. The number of piperidine rings is 1. The molecule has 1 atom stereocenters. The standard InChI is InChI=1S/C24H33N3O4/c1-29-21-12-6-8-18(23(21)30-2)16-27-13-7-9-17(15-27)20-14-22(31-26-20)24(28)25-19-10-4-3-5-11-19/h6,8,12,14,17,19H,3-5,7,9-11,13,15-16H2,1-2H3,(H,25,28)/t17-/m0/s1. The van der Waals surface area contributed by atoms with Crippen LogP contribution in [0.5, 0.6) is 11.5 Å². The van der Waals surface area contributed by atoms with Crippen molar-refractivity contribution in [3.05, 3.63) is 41.3 Å². The number of hydrogen-bond acceptors (Lipinski definition) is 6. The van der Waals surface area contributed by atoms with Gasteiger partial charge in [0.15, 0.2) is 11.5 Å². The Hall–Kier alpha value is -2.54. The second kappa shape index (κ2) is 10.2. The molecule has 1 aliphatic carbocycles. The van der Waals surface area contributed by atoms with Crippen LogP contribution in [0.25, 0.3) is 0 Å². The van der Waals surface area contributed by atoms with Gasteiger partial charge in [-0.2, -0.15) is 0 Å². The number of para-hydroxylation sites is 1. The number of nitrogens with one attached hydrogen (secondary N) is 1. The zero-order chi connectivity index (χ0) is 21.6. The van der Waals surface area contributed by atoms with E-state index in [1.807, 2.05) is 18.2 Å². The van der Waals surface area contributed by atoms with E-state index in [2.05, 4.69) is 21.4 Å². The van der Waals surface area contributed by atoms with Crippen molar-refractivity contribution in [2.45, 2.75) is 63.5 Å². The Labute approximate surface area is 184 Å². The summed E-state index contributed by atoms with van der Waals surface area (Å²) < 4.78 is 16.4. The van der Waals surface area contributed by atoms with Crippen molar-refractivity contribution in [2.24, 2.45) is 0 Å². The van der Waals surface area contributed by atoms with E-state index in [4.69, 9.17) is 14.0 Å². The lowest BCUT2D eigenvalue weighted by Gasteiger charge is -2.32. The van der Waals surface area contributed by atoms with Crippen molar-refractivity contribution < 1.29 is 18.8 Å².